The molecule has 0 fully saturated rings. The Morgan fingerprint density at radius 3 is 2.91 bits per heavy atom. The van der Waals surface area contributed by atoms with E-state index < -0.39 is 0 Å². The van der Waals surface area contributed by atoms with Gasteiger partial charge >= 0.3 is 0 Å². The second-order valence-electron chi connectivity index (χ2n) is 8.40. The van der Waals surface area contributed by atoms with Crippen LogP contribution in [0.15, 0.2) is 54.7 Å². The predicted molar refractivity (Wildman–Crippen MR) is 121 cm³/mol. The zero-order valence-electron chi connectivity index (χ0n) is 18.3. The smallest absolute Gasteiger partial charge is 0.254 e. The van der Waals surface area contributed by atoms with E-state index in [-0.39, 0.29) is 29.6 Å². The van der Waals surface area contributed by atoms with Crippen LogP contribution in [0.5, 0.6) is 5.75 Å². The number of hydrogen-bond acceptors (Lipinski definition) is 4. The molecule has 164 valence electrons. The Morgan fingerprint density at radius 2 is 2.09 bits per heavy atom. The summed E-state index contributed by atoms with van der Waals surface area (Å²) in [4.78, 5) is 18.7. The molecule has 32 heavy (non-hydrogen) atoms. The van der Waals surface area contributed by atoms with Crippen molar-refractivity contribution >= 4 is 11.7 Å². The van der Waals surface area contributed by atoms with Crippen LogP contribution in [0.2, 0.25) is 0 Å². The second kappa shape index (κ2) is 8.26. The molecular weight excluding hydrogens is 405 g/mol. The predicted octanol–water partition coefficient (Wildman–Crippen LogP) is 5.44. The van der Waals surface area contributed by atoms with Gasteiger partial charge in [0.05, 0.1) is 12.6 Å². The van der Waals surface area contributed by atoms with Crippen molar-refractivity contribution in [3.63, 3.8) is 0 Å². The number of fused-ring (bicyclic) bond motifs is 2. The number of hydrogen-bond donors (Lipinski definition) is 1. The molecule has 1 amide bonds. The first-order valence-corrected chi connectivity index (χ1v) is 11.1. The summed E-state index contributed by atoms with van der Waals surface area (Å²) in [6.07, 6.45) is 3.34. The van der Waals surface area contributed by atoms with E-state index in [1.165, 1.54) is 11.6 Å². The molecule has 0 radical (unpaired) electrons. The van der Waals surface area contributed by atoms with Crippen molar-refractivity contribution in [2.45, 2.75) is 45.4 Å². The molecule has 5 rings (SSSR count). The Labute approximate surface area is 187 Å². The van der Waals surface area contributed by atoms with Gasteiger partial charge in [0.25, 0.3) is 5.91 Å². The molecule has 1 aliphatic carbocycles. The quantitative estimate of drug-likeness (QED) is 0.565. The fourth-order valence-electron chi connectivity index (χ4n) is 4.63. The van der Waals surface area contributed by atoms with Gasteiger partial charge in [-0.25, -0.2) is 9.37 Å². The van der Waals surface area contributed by atoms with Crippen LogP contribution < -0.4 is 10.1 Å². The number of rotatable bonds is 6. The molecule has 2 heterocycles. The highest BCUT2D eigenvalue weighted by atomic mass is 19.1. The summed E-state index contributed by atoms with van der Waals surface area (Å²) in [6.45, 7) is 5.11. The zero-order valence-corrected chi connectivity index (χ0v) is 18.3. The molecular formula is C26H26FN3O2. The zero-order chi connectivity index (χ0) is 22.2. The highest BCUT2D eigenvalue weighted by molar-refractivity contribution is 5.99. The summed E-state index contributed by atoms with van der Waals surface area (Å²) >= 11 is 0. The first kappa shape index (κ1) is 20.5. The third-order valence-corrected chi connectivity index (χ3v) is 6.46. The summed E-state index contributed by atoms with van der Waals surface area (Å²) in [7, 11) is 0. The highest BCUT2D eigenvalue weighted by Gasteiger charge is 2.29. The first-order chi connectivity index (χ1) is 15.5. The van der Waals surface area contributed by atoms with Crippen LogP contribution in [-0.4, -0.2) is 22.3 Å². The van der Waals surface area contributed by atoms with Crippen LogP contribution in [0.1, 0.15) is 65.0 Å². The summed E-state index contributed by atoms with van der Waals surface area (Å²) in [5.41, 5.74) is 4.79. The minimum absolute atomic E-state index is 0.0293. The van der Waals surface area contributed by atoms with Crippen LogP contribution >= 0.6 is 0 Å². The number of nitrogens with one attached hydrogen (secondary N) is 1. The summed E-state index contributed by atoms with van der Waals surface area (Å²) in [6, 6.07) is 14.9. The van der Waals surface area contributed by atoms with E-state index >= 15 is 0 Å². The summed E-state index contributed by atoms with van der Waals surface area (Å²) in [5, 5.41) is 3.36. The van der Waals surface area contributed by atoms with E-state index in [9.17, 15) is 9.18 Å². The van der Waals surface area contributed by atoms with Crippen LogP contribution in [0.3, 0.4) is 0 Å². The minimum atomic E-state index is -0.376. The largest absolute Gasteiger partial charge is 0.483 e. The number of nitrogens with zero attached hydrogens (tertiary/aromatic N) is 2. The molecule has 5 nitrogen and oxygen atoms in total. The number of amides is 1. The maximum absolute atomic E-state index is 14.9. The van der Waals surface area contributed by atoms with Gasteiger partial charge in [0.1, 0.15) is 11.9 Å². The number of halogens is 1. The van der Waals surface area contributed by atoms with Gasteiger partial charge in [-0.1, -0.05) is 30.3 Å². The van der Waals surface area contributed by atoms with Crippen molar-refractivity contribution in [2.75, 3.05) is 11.9 Å². The Balaban J connectivity index is 1.32. The van der Waals surface area contributed by atoms with E-state index in [4.69, 9.17) is 4.74 Å². The number of benzene rings is 2. The second-order valence-corrected chi connectivity index (χ2v) is 8.40. The number of anilines is 1. The maximum Gasteiger partial charge on any atom is 0.254 e. The topological polar surface area (TPSA) is 54.5 Å². The molecule has 3 aromatic rings. The molecule has 1 N–H and O–H groups in total. The first-order valence-electron chi connectivity index (χ1n) is 11.1. The van der Waals surface area contributed by atoms with E-state index in [1.807, 2.05) is 32.0 Å². The molecule has 1 unspecified atom stereocenters. The van der Waals surface area contributed by atoms with E-state index in [1.54, 1.807) is 23.2 Å². The monoisotopic (exact) mass is 431 g/mol. The third kappa shape index (κ3) is 3.60. The SMILES string of the molecule is CCN1Cc2c(ccnc2N[C@@H](C)c2ccc(OC3CCc4ccccc43)c(F)c2)C1=O. The lowest BCUT2D eigenvalue weighted by Crippen LogP contribution is -2.22. The average Bonchev–Trinajstić information content (AvgIpc) is 3.36. The normalized spacial score (nSPS) is 17.8. The number of ether oxygens (including phenoxy) is 1. The van der Waals surface area contributed by atoms with Gasteiger partial charge in [0.15, 0.2) is 11.6 Å². The number of carbonyl (C=O) groups is 1. The van der Waals surface area contributed by atoms with Crippen LogP contribution in [0, 0.1) is 5.82 Å². The lowest BCUT2D eigenvalue weighted by molar-refractivity contribution is 0.0787. The van der Waals surface area contributed by atoms with Crippen molar-refractivity contribution in [2.24, 2.45) is 0 Å². The lowest BCUT2D eigenvalue weighted by Gasteiger charge is -2.19. The number of carbonyl (C=O) groups excluding carboxylic acids is 1. The molecule has 0 saturated carbocycles. The Kier molecular flexibility index (Phi) is 5.29. The van der Waals surface area contributed by atoms with E-state index in [0.717, 1.165) is 29.5 Å². The van der Waals surface area contributed by atoms with Gasteiger partial charge < -0.3 is 15.0 Å². The molecule has 0 bridgehead atoms. The van der Waals surface area contributed by atoms with Gasteiger partial charge in [-0.3, -0.25) is 4.79 Å². The third-order valence-electron chi connectivity index (χ3n) is 6.46. The average molecular weight is 432 g/mol. The molecule has 2 aromatic carbocycles. The number of aromatic nitrogens is 1. The minimum Gasteiger partial charge on any atom is -0.483 e. The van der Waals surface area contributed by atoms with Crippen molar-refractivity contribution < 1.29 is 13.9 Å². The fourth-order valence-corrected chi connectivity index (χ4v) is 4.63. The number of aryl methyl sites for hydroxylation is 1. The van der Waals surface area contributed by atoms with Crippen LogP contribution in [0.25, 0.3) is 0 Å². The van der Waals surface area contributed by atoms with Crippen molar-refractivity contribution in [1.29, 1.82) is 0 Å². The van der Waals surface area contributed by atoms with E-state index in [2.05, 4.69) is 22.4 Å². The maximum atomic E-state index is 14.9. The molecule has 1 aliphatic heterocycles. The van der Waals surface area contributed by atoms with Crippen molar-refractivity contribution in [1.82, 2.24) is 9.88 Å². The van der Waals surface area contributed by atoms with Crippen molar-refractivity contribution in [3.05, 3.63) is 88.4 Å². The Bertz CT molecular complexity index is 1180. The van der Waals surface area contributed by atoms with Crippen molar-refractivity contribution in [3.8, 4) is 5.75 Å². The Morgan fingerprint density at radius 1 is 1.25 bits per heavy atom. The molecule has 2 aliphatic rings. The fraction of sp³-hybridized carbons (Fsp3) is 0.308. The van der Waals surface area contributed by atoms with Crippen LogP contribution in [-0.2, 0) is 13.0 Å². The molecule has 6 heteroatoms. The number of pyridine rings is 1. The van der Waals surface area contributed by atoms with Gasteiger partial charge in [-0.05, 0) is 61.6 Å². The lowest BCUT2D eigenvalue weighted by atomic mass is 10.1. The van der Waals surface area contributed by atoms with Gasteiger partial charge in [0, 0.05) is 23.9 Å². The summed E-state index contributed by atoms with van der Waals surface area (Å²) < 4.78 is 21.0. The highest BCUT2D eigenvalue weighted by Crippen LogP contribution is 2.36. The molecule has 0 saturated heterocycles. The van der Waals surface area contributed by atoms with Crippen LogP contribution in [0.4, 0.5) is 10.2 Å². The van der Waals surface area contributed by atoms with E-state index in [0.29, 0.717) is 24.5 Å². The summed E-state index contributed by atoms with van der Waals surface area (Å²) in [5.74, 6) is 0.592. The van der Waals surface area contributed by atoms with Gasteiger partial charge in [-0.2, -0.15) is 0 Å². The standard InChI is InChI=1S/C26H26FN3O2/c1-3-30-15-21-20(26(30)31)12-13-28-25(21)29-16(2)18-9-11-24(22(27)14-18)32-23-10-8-17-6-4-5-7-19(17)23/h4-7,9,11-14,16,23H,3,8,10,15H2,1-2H3,(H,28,29)/t16-,23?/m0/s1. The van der Waals surface area contributed by atoms with Gasteiger partial charge in [0.2, 0.25) is 0 Å². The molecule has 2 atom stereocenters. The Hall–Kier alpha value is -3.41. The van der Waals surface area contributed by atoms with Gasteiger partial charge in [-0.15, -0.1) is 0 Å². The molecule has 0 spiro atoms. The molecule has 1 aromatic heterocycles.